The van der Waals surface area contributed by atoms with Gasteiger partial charge in [0, 0.05) is 45.1 Å². The van der Waals surface area contributed by atoms with Gasteiger partial charge in [0.1, 0.15) is 0 Å². The van der Waals surface area contributed by atoms with E-state index in [0.717, 1.165) is 31.5 Å². The number of amides is 2. The number of nitrogens with one attached hydrogen (secondary N) is 1. The molecule has 1 saturated heterocycles. The molecule has 25 heavy (non-hydrogen) atoms. The zero-order valence-corrected chi connectivity index (χ0v) is 14.1. The molecule has 2 aromatic heterocycles. The van der Waals surface area contributed by atoms with Crippen LogP contribution in [-0.4, -0.2) is 51.2 Å². The highest BCUT2D eigenvalue weighted by Crippen LogP contribution is 2.13. The molecule has 1 aliphatic rings. The van der Waals surface area contributed by atoms with Crippen LogP contribution < -0.4 is 10.1 Å². The van der Waals surface area contributed by atoms with Crippen molar-refractivity contribution in [1.82, 2.24) is 25.0 Å². The maximum absolute atomic E-state index is 12.2. The van der Waals surface area contributed by atoms with Crippen molar-refractivity contribution in [1.29, 1.82) is 0 Å². The van der Waals surface area contributed by atoms with Crippen molar-refractivity contribution >= 4 is 11.8 Å². The van der Waals surface area contributed by atoms with Gasteiger partial charge in [-0.1, -0.05) is 0 Å². The van der Waals surface area contributed by atoms with Crippen molar-refractivity contribution in [2.45, 2.75) is 19.4 Å². The largest absolute Gasteiger partial charge is 0.468 e. The molecular weight excluding hydrogens is 322 g/mol. The van der Waals surface area contributed by atoms with E-state index >= 15 is 0 Å². The summed E-state index contributed by atoms with van der Waals surface area (Å²) >= 11 is 0. The molecule has 0 aromatic carbocycles. The van der Waals surface area contributed by atoms with Crippen molar-refractivity contribution in [3.8, 4) is 5.88 Å². The van der Waals surface area contributed by atoms with Crippen LogP contribution in [0.5, 0.6) is 5.88 Å². The number of hydrogen-bond donors (Lipinski definition) is 1. The molecule has 0 radical (unpaired) electrons. The second-order valence-corrected chi connectivity index (χ2v) is 5.91. The Bertz CT molecular complexity index is 738. The fourth-order valence-corrected chi connectivity index (χ4v) is 2.66. The van der Waals surface area contributed by atoms with Crippen LogP contribution in [0.25, 0.3) is 0 Å². The number of pyridine rings is 1. The summed E-state index contributed by atoms with van der Waals surface area (Å²) in [5.74, 6) is 0.0529. The molecule has 3 rings (SSSR count). The van der Waals surface area contributed by atoms with Crippen molar-refractivity contribution in [3.63, 3.8) is 0 Å². The van der Waals surface area contributed by atoms with Crippen LogP contribution in [0.3, 0.4) is 0 Å². The molecule has 0 bridgehead atoms. The maximum Gasteiger partial charge on any atom is 0.272 e. The van der Waals surface area contributed by atoms with E-state index in [1.807, 2.05) is 12.1 Å². The first-order valence-electron chi connectivity index (χ1n) is 8.25. The molecule has 8 nitrogen and oxygen atoms in total. The van der Waals surface area contributed by atoms with E-state index in [-0.39, 0.29) is 24.1 Å². The summed E-state index contributed by atoms with van der Waals surface area (Å²) in [4.78, 5) is 29.9. The second-order valence-electron chi connectivity index (χ2n) is 5.91. The van der Waals surface area contributed by atoms with Gasteiger partial charge in [-0.15, -0.1) is 0 Å². The lowest BCUT2D eigenvalue weighted by Crippen LogP contribution is -2.32. The van der Waals surface area contributed by atoms with Crippen LogP contribution in [-0.2, 0) is 18.4 Å². The van der Waals surface area contributed by atoms with Crippen LogP contribution in [0, 0.1) is 0 Å². The monoisotopic (exact) mass is 343 g/mol. The standard InChI is InChI=1S/C17H21N5O3/c1-21-16(25-12-15(23)22-8-2-3-9-22)10-14(20-21)17(24)19-11-13-4-6-18-7-5-13/h4-7,10H,2-3,8-9,11-12H2,1H3,(H,19,24). The number of nitrogens with zero attached hydrogens (tertiary/aromatic N) is 4. The van der Waals surface area contributed by atoms with E-state index in [9.17, 15) is 9.59 Å². The number of aryl methyl sites for hydroxylation is 1. The predicted molar refractivity (Wildman–Crippen MR) is 89.9 cm³/mol. The summed E-state index contributed by atoms with van der Waals surface area (Å²) in [5.41, 5.74) is 1.20. The Morgan fingerprint density at radius 2 is 1.96 bits per heavy atom. The molecule has 132 valence electrons. The molecule has 2 amide bonds. The van der Waals surface area contributed by atoms with Crippen LogP contribution >= 0.6 is 0 Å². The third-order valence-electron chi connectivity index (χ3n) is 4.07. The molecule has 0 unspecified atom stereocenters. The van der Waals surface area contributed by atoms with Crippen LogP contribution in [0.2, 0.25) is 0 Å². The fraction of sp³-hybridized carbons (Fsp3) is 0.412. The van der Waals surface area contributed by atoms with Crippen molar-refractivity contribution in [3.05, 3.63) is 41.9 Å². The molecular formula is C17H21N5O3. The molecule has 1 N–H and O–H groups in total. The van der Waals surface area contributed by atoms with Crippen LogP contribution in [0.15, 0.2) is 30.6 Å². The molecule has 2 aromatic rings. The van der Waals surface area contributed by atoms with Gasteiger partial charge < -0.3 is 15.0 Å². The highest BCUT2D eigenvalue weighted by Gasteiger charge is 2.19. The zero-order chi connectivity index (χ0) is 17.6. The number of rotatable bonds is 6. The Kier molecular flexibility index (Phi) is 5.27. The first-order chi connectivity index (χ1) is 12.1. The smallest absolute Gasteiger partial charge is 0.272 e. The van der Waals surface area contributed by atoms with Crippen LogP contribution in [0.1, 0.15) is 28.9 Å². The minimum absolute atomic E-state index is 0.0395. The number of carbonyl (C=O) groups is 2. The predicted octanol–water partition coefficient (Wildman–Crippen LogP) is 0.746. The lowest BCUT2D eigenvalue weighted by molar-refractivity contribution is -0.132. The molecule has 1 aliphatic heterocycles. The van der Waals surface area contributed by atoms with Gasteiger partial charge in [-0.25, -0.2) is 4.68 Å². The summed E-state index contributed by atoms with van der Waals surface area (Å²) in [5, 5.41) is 6.93. The summed E-state index contributed by atoms with van der Waals surface area (Å²) in [6.07, 6.45) is 5.43. The van der Waals surface area contributed by atoms with E-state index < -0.39 is 0 Å². The minimum Gasteiger partial charge on any atom is -0.468 e. The third kappa shape index (κ3) is 4.34. The number of aromatic nitrogens is 3. The molecule has 0 saturated carbocycles. The first-order valence-corrected chi connectivity index (χ1v) is 8.25. The molecule has 3 heterocycles. The minimum atomic E-state index is -0.298. The summed E-state index contributed by atoms with van der Waals surface area (Å²) < 4.78 is 6.98. The van der Waals surface area contributed by atoms with Gasteiger partial charge in [-0.3, -0.25) is 14.6 Å². The summed E-state index contributed by atoms with van der Waals surface area (Å²) in [7, 11) is 1.68. The Labute approximate surface area is 145 Å². The van der Waals surface area contributed by atoms with E-state index in [4.69, 9.17) is 4.74 Å². The Morgan fingerprint density at radius 3 is 2.68 bits per heavy atom. The highest BCUT2D eigenvalue weighted by atomic mass is 16.5. The fourth-order valence-electron chi connectivity index (χ4n) is 2.66. The lowest BCUT2D eigenvalue weighted by atomic mass is 10.2. The van der Waals surface area contributed by atoms with E-state index in [1.54, 1.807) is 30.4 Å². The number of ether oxygens (including phenoxy) is 1. The molecule has 0 spiro atoms. The molecule has 0 atom stereocenters. The SMILES string of the molecule is Cn1nc(C(=O)NCc2ccncc2)cc1OCC(=O)N1CCCC1. The van der Waals surface area contributed by atoms with Crippen molar-refractivity contribution in [2.24, 2.45) is 7.05 Å². The normalized spacial score (nSPS) is 13.7. The first kappa shape index (κ1) is 16.9. The van der Waals surface area contributed by atoms with Crippen molar-refractivity contribution in [2.75, 3.05) is 19.7 Å². The van der Waals surface area contributed by atoms with Gasteiger partial charge in [0.2, 0.25) is 5.88 Å². The van der Waals surface area contributed by atoms with E-state index in [1.165, 1.54) is 4.68 Å². The number of carbonyl (C=O) groups excluding carboxylic acids is 2. The number of likely N-dealkylation sites (tertiary alicyclic amines) is 1. The van der Waals surface area contributed by atoms with Crippen molar-refractivity contribution < 1.29 is 14.3 Å². The molecule has 8 heteroatoms. The highest BCUT2D eigenvalue weighted by molar-refractivity contribution is 5.92. The van der Waals surface area contributed by atoms with E-state index in [0.29, 0.717) is 12.4 Å². The van der Waals surface area contributed by atoms with Gasteiger partial charge >= 0.3 is 0 Å². The summed E-state index contributed by atoms with van der Waals surface area (Å²) in [6, 6.07) is 5.20. The van der Waals surface area contributed by atoms with Gasteiger partial charge in [-0.2, -0.15) is 5.10 Å². The summed E-state index contributed by atoms with van der Waals surface area (Å²) in [6.45, 7) is 1.92. The topological polar surface area (TPSA) is 89.4 Å². The lowest BCUT2D eigenvalue weighted by Gasteiger charge is -2.15. The maximum atomic E-state index is 12.2. The van der Waals surface area contributed by atoms with Gasteiger partial charge in [-0.05, 0) is 30.5 Å². The third-order valence-corrected chi connectivity index (χ3v) is 4.07. The Morgan fingerprint density at radius 1 is 1.24 bits per heavy atom. The molecule has 1 fully saturated rings. The van der Waals surface area contributed by atoms with Gasteiger partial charge in [0.05, 0.1) is 0 Å². The molecule has 0 aliphatic carbocycles. The second kappa shape index (κ2) is 7.78. The zero-order valence-electron chi connectivity index (χ0n) is 14.1. The van der Waals surface area contributed by atoms with Gasteiger partial charge in [0.15, 0.2) is 12.3 Å². The number of hydrogen-bond acceptors (Lipinski definition) is 5. The van der Waals surface area contributed by atoms with E-state index in [2.05, 4.69) is 15.4 Å². The average Bonchev–Trinajstić information content (AvgIpc) is 3.28. The van der Waals surface area contributed by atoms with Crippen LogP contribution in [0.4, 0.5) is 0 Å². The Balaban J connectivity index is 1.54. The average molecular weight is 343 g/mol. The quantitative estimate of drug-likeness (QED) is 0.836. The Hall–Kier alpha value is -2.90. The van der Waals surface area contributed by atoms with Gasteiger partial charge in [0.25, 0.3) is 11.8 Å².